The van der Waals surface area contributed by atoms with Crippen LogP contribution in [0.4, 0.5) is 0 Å². The average molecular weight is 216 g/mol. The van der Waals surface area contributed by atoms with Crippen LogP contribution in [0.15, 0.2) is 0 Å². The van der Waals surface area contributed by atoms with Crippen LogP contribution in [0.5, 0.6) is 0 Å². The molecule has 4 nitrogen and oxygen atoms in total. The van der Waals surface area contributed by atoms with Gasteiger partial charge in [0, 0.05) is 6.46 Å². The summed E-state index contributed by atoms with van der Waals surface area (Å²) in [6, 6.07) is 0. The van der Waals surface area contributed by atoms with E-state index in [1.165, 1.54) is 0 Å². The predicted octanol–water partition coefficient (Wildman–Crippen LogP) is 2.03. The van der Waals surface area contributed by atoms with Gasteiger partial charge in [0.1, 0.15) is 0 Å². The van der Waals surface area contributed by atoms with Gasteiger partial charge < -0.3 is 6.15 Å². The summed E-state index contributed by atoms with van der Waals surface area (Å²) >= 11 is 0. The molecule has 0 heterocycles. The maximum absolute atomic E-state index is 11.0. The van der Waals surface area contributed by atoms with Crippen LogP contribution < -0.4 is 6.15 Å². The molecule has 0 rings (SSSR count). The Balaban J connectivity index is 0. The smallest absolute Gasteiger partial charge is 0.276 e. The van der Waals surface area contributed by atoms with E-state index in [-0.39, 0.29) is 6.15 Å². The van der Waals surface area contributed by atoms with Crippen molar-refractivity contribution in [3.63, 3.8) is 0 Å². The van der Waals surface area contributed by atoms with Crippen molar-refractivity contribution in [2.45, 2.75) is 20.8 Å². The van der Waals surface area contributed by atoms with Crippen LogP contribution in [0.2, 0.25) is 0 Å². The van der Waals surface area contributed by atoms with Crippen molar-refractivity contribution in [2.24, 2.45) is 0 Å². The molecule has 0 amide bonds. The Kier molecular flexibility index (Phi) is 6.32. The summed E-state index contributed by atoms with van der Waals surface area (Å²) < 4.78 is 30.9. The topological polar surface area (TPSA) is 89.4 Å². The van der Waals surface area contributed by atoms with Gasteiger partial charge >= 0.3 is 0 Å². The second-order valence-corrected chi connectivity index (χ2v) is 11.1. The van der Waals surface area contributed by atoms with Gasteiger partial charge in [0.25, 0.3) is 9.74 Å². The monoisotopic (exact) mass is 216 g/mol. The van der Waals surface area contributed by atoms with E-state index in [1.54, 1.807) is 0 Å². The Morgan fingerprint density at radius 2 is 1.33 bits per heavy atom. The third kappa shape index (κ3) is 2.66. The van der Waals surface area contributed by atoms with Gasteiger partial charge in [-0.05, 0) is 18.5 Å². The predicted molar refractivity (Wildman–Crippen MR) is 55.1 cm³/mol. The van der Waals surface area contributed by atoms with Crippen molar-refractivity contribution in [3.8, 4) is 0 Å². The first-order valence-electron chi connectivity index (χ1n) is 3.77. The summed E-state index contributed by atoms with van der Waals surface area (Å²) in [6.45, 7) is 3.39. The van der Waals surface area contributed by atoms with Crippen LogP contribution in [0, 0.1) is 0 Å². The third-order valence-electron chi connectivity index (χ3n) is 2.22. The lowest BCUT2D eigenvalue weighted by Gasteiger charge is -2.28. The standard InChI is InChI=1S/C6H16O3PS.H3N/c1-4-10(5-2,6-3)11(7,8)9;/h4-6H2,1-3H3,(H,7,8,9);1H3. The van der Waals surface area contributed by atoms with Crippen molar-refractivity contribution in [2.75, 3.05) is 18.5 Å². The zero-order chi connectivity index (χ0) is 9.12. The van der Waals surface area contributed by atoms with Crippen LogP contribution >= 0.6 is 6.46 Å². The first-order chi connectivity index (χ1) is 4.93. The van der Waals surface area contributed by atoms with E-state index in [9.17, 15) is 8.42 Å². The molecule has 0 bridgehead atoms. The van der Waals surface area contributed by atoms with E-state index in [2.05, 4.69) is 0 Å². The van der Waals surface area contributed by atoms with Crippen molar-refractivity contribution >= 4 is 16.2 Å². The van der Waals surface area contributed by atoms with Gasteiger partial charge in [-0.2, -0.15) is 8.42 Å². The van der Waals surface area contributed by atoms with Crippen LogP contribution in [0.25, 0.3) is 0 Å². The van der Waals surface area contributed by atoms with Crippen molar-refractivity contribution in [1.29, 1.82) is 0 Å². The summed E-state index contributed by atoms with van der Waals surface area (Å²) in [4.78, 5) is 0. The molecule has 1 radical (unpaired) electrons. The van der Waals surface area contributed by atoms with Crippen molar-refractivity contribution in [3.05, 3.63) is 0 Å². The molecule has 0 spiro atoms. The zero-order valence-corrected chi connectivity index (χ0v) is 9.66. The maximum Gasteiger partial charge on any atom is 0.276 e. The third-order valence-corrected chi connectivity index (χ3v) is 11.9. The molecule has 0 unspecified atom stereocenters. The molecule has 0 saturated heterocycles. The fourth-order valence-corrected chi connectivity index (χ4v) is 6.42. The number of rotatable bonds is 4. The minimum atomic E-state index is -3.77. The molecule has 0 aromatic carbocycles. The number of hydrogen-bond donors (Lipinski definition) is 2. The summed E-state index contributed by atoms with van der Waals surface area (Å²) in [7, 11) is -3.77. The minimum Gasteiger partial charge on any atom is -0.344 e. The van der Waals surface area contributed by atoms with Crippen molar-refractivity contribution in [1.82, 2.24) is 6.15 Å². The van der Waals surface area contributed by atoms with E-state index in [0.29, 0.717) is 18.5 Å². The average Bonchev–Trinajstić information content (AvgIpc) is 1.90. The second kappa shape index (κ2) is 5.12. The van der Waals surface area contributed by atoms with Crippen LogP contribution in [0.3, 0.4) is 0 Å². The summed E-state index contributed by atoms with van der Waals surface area (Å²) in [5.41, 5.74) is 0. The van der Waals surface area contributed by atoms with Gasteiger partial charge in [-0.3, -0.25) is 4.55 Å². The highest BCUT2D eigenvalue weighted by Crippen LogP contribution is 2.62. The first kappa shape index (κ1) is 14.8. The Labute approximate surface area is 75.2 Å². The highest BCUT2D eigenvalue weighted by molar-refractivity contribution is 8.54. The first-order valence-corrected chi connectivity index (χ1v) is 8.16. The van der Waals surface area contributed by atoms with Crippen LogP contribution in [-0.4, -0.2) is 31.5 Å². The molecule has 12 heavy (non-hydrogen) atoms. The molecular formula is C6H19NO3PS. The number of hydrogen-bond acceptors (Lipinski definition) is 3. The zero-order valence-electron chi connectivity index (χ0n) is 7.95. The highest BCUT2D eigenvalue weighted by Gasteiger charge is 2.34. The molecule has 0 aromatic rings. The quantitative estimate of drug-likeness (QED) is 0.555. The molecule has 0 atom stereocenters. The van der Waals surface area contributed by atoms with Crippen LogP contribution in [-0.2, 0) is 9.74 Å². The Bertz CT molecular complexity index is 203. The van der Waals surface area contributed by atoms with Gasteiger partial charge in [0.05, 0.1) is 0 Å². The van der Waals surface area contributed by atoms with Gasteiger partial charge in [0.2, 0.25) is 0 Å². The van der Waals surface area contributed by atoms with E-state index in [0.717, 1.165) is 0 Å². The lowest BCUT2D eigenvalue weighted by Crippen LogP contribution is -2.13. The van der Waals surface area contributed by atoms with Gasteiger partial charge in [-0.25, -0.2) is 0 Å². The van der Waals surface area contributed by atoms with E-state index < -0.39 is 16.2 Å². The molecular weight excluding hydrogens is 197 g/mol. The molecule has 6 heteroatoms. The molecule has 4 N–H and O–H groups in total. The molecule has 0 aliphatic carbocycles. The van der Waals surface area contributed by atoms with Gasteiger partial charge in [-0.15, -0.1) is 0 Å². The summed E-state index contributed by atoms with van der Waals surface area (Å²) in [5.74, 6) is 0. The molecule has 0 fully saturated rings. The molecule has 0 aromatic heterocycles. The van der Waals surface area contributed by atoms with Gasteiger partial charge in [0.15, 0.2) is 0 Å². The summed E-state index contributed by atoms with van der Waals surface area (Å²) in [5, 5.41) is 0. The Hall–Kier alpha value is 0.300. The SMILES string of the molecule is CC[P](CC)(CC)S(=O)(=O)O.N. The molecule has 0 aliphatic heterocycles. The largest absolute Gasteiger partial charge is 0.344 e. The lowest BCUT2D eigenvalue weighted by atomic mass is 10.9. The second-order valence-electron chi connectivity index (χ2n) is 2.45. The Morgan fingerprint density at radius 1 is 1.08 bits per heavy atom. The fraction of sp³-hybridized carbons (Fsp3) is 1.00. The van der Waals surface area contributed by atoms with Crippen LogP contribution in [0.1, 0.15) is 20.8 Å². The normalized spacial score (nSPS) is 12.3. The maximum atomic E-state index is 11.0. The van der Waals surface area contributed by atoms with Gasteiger partial charge in [-0.1, -0.05) is 20.8 Å². The summed E-state index contributed by atoms with van der Waals surface area (Å²) in [6.07, 6.45) is 1.75. The van der Waals surface area contributed by atoms with E-state index in [1.807, 2.05) is 20.8 Å². The molecule has 77 valence electrons. The Morgan fingerprint density at radius 3 is 1.33 bits per heavy atom. The van der Waals surface area contributed by atoms with E-state index >= 15 is 0 Å². The lowest BCUT2D eigenvalue weighted by molar-refractivity contribution is 0.500. The minimum absolute atomic E-state index is 0. The highest BCUT2D eigenvalue weighted by atomic mass is 32.8. The van der Waals surface area contributed by atoms with E-state index in [4.69, 9.17) is 4.55 Å². The van der Waals surface area contributed by atoms with Crippen molar-refractivity contribution < 1.29 is 13.0 Å². The fourth-order valence-electron chi connectivity index (χ4n) is 1.16. The molecule has 0 saturated carbocycles. The molecule has 0 aliphatic rings.